The van der Waals surface area contributed by atoms with Crippen molar-refractivity contribution in [2.45, 2.75) is 39.7 Å². The molecule has 1 aliphatic rings. The zero-order chi connectivity index (χ0) is 18.7. The lowest BCUT2D eigenvalue weighted by Crippen LogP contribution is -2.26. The Morgan fingerprint density at radius 1 is 1.42 bits per heavy atom. The van der Waals surface area contributed by atoms with Gasteiger partial charge in [0.25, 0.3) is 5.89 Å². The first-order valence-corrected chi connectivity index (χ1v) is 8.90. The normalized spacial score (nSPS) is 14.3. The van der Waals surface area contributed by atoms with Gasteiger partial charge in [-0.1, -0.05) is 30.6 Å². The van der Waals surface area contributed by atoms with E-state index in [0.717, 1.165) is 6.42 Å². The van der Waals surface area contributed by atoms with Gasteiger partial charge in [0.15, 0.2) is 12.4 Å². The van der Waals surface area contributed by atoms with Crippen LogP contribution in [-0.2, 0) is 22.6 Å². The maximum Gasteiger partial charge on any atom is 0.340 e. The van der Waals surface area contributed by atoms with Gasteiger partial charge in [0.05, 0.1) is 11.3 Å². The van der Waals surface area contributed by atoms with E-state index in [2.05, 4.69) is 24.0 Å². The number of benzene rings is 1. The molecule has 1 aromatic carbocycles. The molecule has 0 atom stereocenters. The summed E-state index contributed by atoms with van der Waals surface area (Å²) in [6, 6.07) is 4.76. The van der Waals surface area contributed by atoms with Crippen LogP contribution in [0.25, 0.3) is 0 Å². The van der Waals surface area contributed by atoms with Crippen LogP contribution in [0.3, 0.4) is 0 Å². The van der Waals surface area contributed by atoms with Gasteiger partial charge in [0.1, 0.15) is 0 Å². The highest BCUT2D eigenvalue weighted by Gasteiger charge is 2.27. The van der Waals surface area contributed by atoms with Crippen LogP contribution in [0.2, 0.25) is 5.02 Å². The summed E-state index contributed by atoms with van der Waals surface area (Å²) in [6.07, 6.45) is 1.90. The number of rotatable bonds is 6. The summed E-state index contributed by atoms with van der Waals surface area (Å²) in [5.74, 6) is 0.622. The molecule has 0 spiro atoms. The van der Waals surface area contributed by atoms with Crippen molar-refractivity contribution < 1.29 is 18.8 Å². The van der Waals surface area contributed by atoms with Gasteiger partial charge in [-0.15, -0.1) is 0 Å². The number of amides is 1. The van der Waals surface area contributed by atoms with Crippen LogP contribution in [0, 0.1) is 5.92 Å². The topological polar surface area (TPSA) is 85.5 Å². The van der Waals surface area contributed by atoms with Gasteiger partial charge < -0.3 is 14.2 Å². The predicted octanol–water partition coefficient (Wildman–Crippen LogP) is 3.41. The number of aromatic nitrogens is 2. The minimum absolute atomic E-state index is 0.0310. The number of ether oxygens (including phenoxy) is 1. The van der Waals surface area contributed by atoms with E-state index in [1.54, 1.807) is 23.1 Å². The molecule has 1 amide bonds. The Kier molecular flexibility index (Phi) is 5.56. The van der Waals surface area contributed by atoms with Crippen molar-refractivity contribution in [3.8, 4) is 0 Å². The third kappa shape index (κ3) is 4.22. The smallest absolute Gasteiger partial charge is 0.340 e. The van der Waals surface area contributed by atoms with E-state index in [4.69, 9.17) is 20.9 Å². The first kappa shape index (κ1) is 18.4. The van der Waals surface area contributed by atoms with E-state index < -0.39 is 5.97 Å². The Hall–Kier alpha value is -2.41. The molecular formula is C18H20ClN3O4. The lowest BCUT2D eigenvalue weighted by atomic mass is 10.1. The zero-order valence-corrected chi connectivity index (χ0v) is 15.5. The molecule has 1 saturated heterocycles. The Balaban J connectivity index is 1.71. The second-order valence-corrected chi connectivity index (χ2v) is 7.03. The Labute approximate surface area is 156 Å². The summed E-state index contributed by atoms with van der Waals surface area (Å²) in [5.41, 5.74) is 0.752. The molecular weight excluding hydrogens is 358 g/mol. The standard InChI is InChI=1S/C18H20ClN3O4/c1-11(2)8-15-20-16(26-21-15)10-25-18(24)13-6-5-12(19)9-14(13)22-7-3-4-17(22)23/h5-6,9,11H,3-4,7-8,10H2,1-2H3. The van der Waals surface area contributed by atoms with Gasteiger partial charge in [-0.2, -0.15) is 4.98 Å². The van der Waals surface area contributed by atoms with Gasteiger partial charge in [0, 0.05) is 24.4 Å². The van der Waals surface area contributed by atoms with E-state index >= 15 is 0 Å². The number of nitrogens with zero attached hydrogens (tertiary/aromatic N) is 3. The number of carbonyl (C=O) groups excluding carboxylic acids is 2. The maximum absolute atomic E-state index is 12.5. The number of hydrogen-bond donors (Lipinski definition) is 0. The van der Waals surface area contributed by atoms with Crippen molar-refractivity contribution in [3.63, 3.8) is 0 Å². The largest absolute Gasteiger partial charge is 0.452 e. The Bertz CT molecular complexity index is 819. The number of hydrogen-bond acceptors (Lipinski definition) is 6. The van der Waals surface area contributed by atoms with Crippen molar-refractivity contribution >= 4 is 29.2 Å². The monoisotopic (exact) mass is 377 g/mol. The molecule has 1 aromatic heterocycles. The third-order valence-electron chi connectivity index (χ3n) is 3.97. The van der Waals surface area contributed by atoms with E-state index in [-0.39, 0.29) is 24.0 Å². The van der Waals surface area contributed by atoms with Crippen molar-refractivity contribution in [1.82, 2.24) is 10.1 Å². The van der Waals surface area contributed by atoms with Crippen molar-refractivity contribution in [2.24, 2.45) is 5.92 Å². The average molecular weight is 378 g/mol. The van der Waals surface area contributed by atoms with Crippen LogP contribution in [0.15, 0.2) is 22.7 Å². The molecule has 8 heteroatoms. The minimum atomic E-state index is -0.569. The van der Waals surface area contributed by atoms with Crippen LogP contribution in [-0.4, -0.2) is 28.6 Å². The summed E-state index contributed by atoms with van der Waals surface area (Å²) in [6.45, 7) is 4.54. The van der Waals surface area contributed by atoms with Crippen molar-refractivity contribution in [1.29, 1.82) is 0 Å². The van der Waals surface area contributed by atoms with Crippen molar-refractivity contribution in [2.75, 3.05) is 11.4 Å². The van der Waals surface area contributed by atoms with Gasteiger partial charge in [-0.25, -0.2) is 4.79 Å². The van der Waals surface area contributed by atoms with E-state index in [9.17, 15) is 9.59 Å². The van der Waals surface area contributed by atoms with Gasteiger partial charge in [-0.3, -0.25) is 4.79 Å². The zero-order valence-electron chi connectivity index (χ0n) is 14.7. The molecule has 138 valence electrons. The summed E-state index contributed by atoms with van der Waals surface area (Å²) in [5, 5.41) is 4.31. The molecule has 1 aliphatic heterocycles. The minimum Gasteiger partial charge on any atom is -0.452 e. The van der Waals surface area contributed by atoms with Crippen LogP contribution in [0.4, 0.5) is 5.69 Å². The maximum atomic E-state index is 12.5. The summed E-state index contributed by atoms with van der Waals surface area (Å²) >= 11 is 6.04. The molecule has 7 nitrogen and oxygen atoms in total. The molecule has 26 heavy (non-hydrogen) atoms. The van der Waals surface area contributed by atoms with Gasteiger partial charge in [-0.05, 0) is 30.5 Å². The van der Waals surface area contributed by atoms with Crippen LogP contribution in [0.5, 0.6) is 0 Å². The third-order valence-corrected chi connectivity index (χ3v) is 4.21. The first-order chi connectivity index (χ1) is 12.4. The SMILES string of the molecule is CC(C)Cc1noc(COC(=O)c2ccc(Cl)cc2N2CCCC2=O)n1. The van der Waals surface area contributed by atoms with Crippen LogP contribution < -0.4 is 4.90 Å². The molecule has 0 saturated carbocycles. The summed E-state index contributed by atoms with van der Waals surface area (Å²) < 4.78 is 10.4. The van der Waals surface area contributed by atoms with E-state index in [1.807, 2.05) is 0 Å². The number of esters is 1. The second-order valence-electron chi connectivity index (χ2n) is 6.59. The summed E-state index contributed by atoms with van der Waals surface area (Å²) in [7, 11) is 0. The molecule has 3 rings (SSSR count). The predicted molar refractivity (Wildman–Crippen MR) is 95.0 cm³/mol. The average Bonchev–Trinajstić information content (AvgIpc) is 3.20. The molecule has 0 unspecified atom stereocenters. The van der Waals surface area contributed by atoms with Gasteiger partial charge in [0.2, 0.25) is 5.91 Å². The fraction of sp³-hybridized carbons (Fsp3) is 0.444. The molecule has 0 radical (unpaired) electrons. The Morgan fingerprint density at radius 2 is 2.23 bits per heavy atom. The van der Waals surface area contributed by atoms with Gasteiger partial charge >= 0.3 is 5.97 Å². The molecule has 0 aliphatic carbocycles. The quantitative estimate of drug-likeness (QED) is 0.717. The molecule has 2 aromatic rings. The fourth-order valence-corrected chi connectivity index (χ4v) is 2.97. The Morgan fingerprint density at radius 3 is 2.92 bits per heavy atom. The molecule has 0 bridgehead atoms. The molecule has 1 fully saturated rings. The number of anilines is 1. The van der Waals surface area contributed by atoms with E-state index in [0.29, 0.717) is 41.8 Å². The number of carbonyl (C=O) groups is 2. The lowest BCUT2D eigenvalue weighted by Gasteiger charge is -2.19. The first-order valence-electron chi connectivity index (χ1n) is 8.52. The molecule has 0 N–H and O–H groups in total. The summed E-state index contributed by atoms with van der Waals surface area (Å²) in [4.78, 5) is 30.3. The van der Waals surface area contributed by atoms with Crippen LogP contribution in [0.1, 0.15) is 48.8 Å². The highest BCUT2D eigenvalue weighted by Crippen LogP contribution is 2.29. The lowest BCUT2D eigenvalue weighted by molar-refractivity contribution is -0.117. The van der Waals surface area contributed by atoms with E-state index in [1.165, 1.54) is 0 Å². The highest BCUT2D eigenvalue weighted by molar-refractivity contribution is 6.31. The number of halogens is 1. The van der Waals surface area contributed by atoms with Crippen LogP contribution >= 0.6 is 11.6 Å². The molecule has 2 heterocycles. The second kappa shape index (κ2) is 7.86. The highest BCUT2D eigenvalue weighted by atomic mass is 35.5. The fourth-order valence-electron chi connectivity index (χ4n) is 2.81. The van der Waals surface area contributed by atoms with Crippen molar-refractivity contribution in [3.05, 3.63) is 40.5 Å².